The Morgan fingerprint density at radius 3 is 2.63 bits per heavy atom. The number of nitrogens with one attached hydrogen (secondary N) is 2. The fourth-order valence-corrected chi connectivity index (χ4v) is 3.59. The molecule has 0 aliphatic heterocycles. The van der Waals surface area contributed by atoms with Crippen molar-refractivity contribution in [2.45, 2.75) is 6.92 Å². The van der Waals surface area contributed by atoms with E-state index in [1.165, 1.54) is 17.6 Å². The molecule has 134 valence electrons. The summed E-state index contributed by atoms with van der Waals surface area (Å²) in [7, 11) is 0. The van der Waals surface area contributed by atoms with E-state index in [0.29, 0.717) is 16.4 Å². The molecule has 2 heterocycles. The van der Waals surface area contributed by atoms with Gasteiger partial charge in [0.15, 0.2) is 10.9 Å². The summed E-state index contributed by atoms with van der Waals surface area (Å²) < 4.78 is 6.08. The standard InChI is InChI=1S/C20H15N3O3S/c1-12-5-2-9-16-17(12)22-20(27-16)23-18(24)13-6-3-7-14(11-13)21-19(25)15-8-4-10-26-15/h2-11H,1H3,(H,21,25)(H,22,23,24). The fraction of sp³-hybridized carbons (Fsp3) is 0.0500. The number of benzene rings is 2. The van der Waals surface area contributed by atoms with Gasteiger partial charge < -0.3 is 9.73 Å². The van der Waals surface area contributed by atoms with E-state index in [1.807, 2.05) is 25.1 Å². The lowest BCUT2D eigenvalue weighted by Crippen LogP contribution is -2.14. The Kier molecular flexibility index (Phi) is 4.43. The summed E-state index contributed by atoms with van der Waals surface area (Å²) in [4.78, 5) is 29.1. The number of para-hydroxylation sites is 1. The molecule has 7 heteroatoms. The Balaban J connectivity index is 1.51. The smallest absolute Gasteiger partial charge is 0.291 e. The molecule has 0 saturated carbocycles. The number of hydrogen-bond acceptors (Lipinski definition) is 5. The van der Waals surface area contributed by atoms with Gasteiger partial charge in [-0.1, -0.05) is 29.5 Å². The molecule has 2 aromatic carbocycles. The molecule has 2 amide bonds. The maximum Gasteiger partial charge on any atom is 0.291 e. The van der Waals surface area contributed by atoms with Crippen molar-refractivity contribution in [3.8, 4) is 0 Å². The van der Waals surface area contributed by atoms with Gasteiger partial charge >= 0.3 is 0 Å². The van der Waals surface area contributed by atoms with Crippen molar-refractivity contribution in [2.75, 3.05) is 10.6 Å². The second-order valence-electron chi connectivity index (χ2n) is 5.91. The predicted octanol–water partition coefficient (Wildman–Crippen LogP) is 4.70. The van der Waals surface area contributed by atoms with E-state index in [4.69, 9.17) is 4.42 Å². The zero-order valence-corrected chi connectivity index (χ0v) is 15.2. The van der Waals surface area contributed by atoms with Crippen LogP contribution in [0.3, 0.4) is 0 Å². The summed E-state index contributed by atoms with van der Waals surface area (Å²) in [5.41, 5.74) is 2.87. The third-order valence-electron chi connectivity index (χ3n) is 3.97. The van der Waals surface area contributed by atoms with Gasteiger partial charge in [-0.05, 0) is 48.9 Å². The summed E-state index contributed by atoms with van der Waals surface area (Å²) in [5, 5.41) is 6.06. The summed E-state index contributed by atoms with van der Waals surface area (Å²) in [5.74, 6) is -0.463. The number of fused-ring (bicyclic) bond motifs is 1. The molecule has 0 spiro atoms. The van der Waals surface area contributed by atoms with E-state index >= 15 is 0 Å². The Hall–Kier alpha value is -3.45. The molecule has 0 saturated heterocycles. The summed E-state index contributed by atoms with van der Waals surface area (Å²) in [6.07, 6.45) is 1.43. The molecule has 0 fully saturated rings. The molecule has 2 aromatic heterocycles. The highest BCUT2D eigenvalue weighted by Gasteiger charge is 2.13. The van der Waals surface area contributed by atoms with Crippen molar-refractivity contribution in [1.82, 2.24) is 4.98 Å². The van der Waals surface area contributed by atoms with Crippen molar-refractivity contribution in [3.05, 3.63) is 77.7 Å². The van der Waals surface area contributed by atoms with Crippen LogP contribution in [0.15, 0.2) is 65.3 Å². The van der Waals surface area contributed by atoms with Gasteiger partial charge in [-0.15, -0.1) is 0 Å². The van der Waals surface area contributed by atoms with Crippen LogP contribution in [-0.2, 0) is 0 Å². The first-order valence-electron chi connectivity index (χ1n) is 8.22. The zero-order valence-electron chi connectivity index (χ0n) is 14.4. The third kappa shape index (κ3) is 3.58. The number of nitrogens with zero attached hydrogens (tertiary/aromatic N) is 1. The van der Waals surface area contributed by atoms with Crippen molar-refractivity contribution in [2.24, 2.45) is 0 Å². The van der Waals surface area contributed by atoms with Crippen molar-refractivity contribution in [3.63, 3.8) is 0 Å². The highest BCUT2D eigenvalue weighted by atomic mass is 32.1. The molecule has 6 nitrogen and oxygen atoms in total. The van der Waals surface area contributed by atoms with Crippen molar-refractivity contribution < 1.29 is 14.0 Å². The first-order valence-corrected chi connectivity index (χ1v) is 9.04. The van der Waals surface area contributed by atoms with E-state index in [9.17, 15) is 9.59 Å². The molecule has 0 unspecified atom stereocenters. The van der Waals surface area contributed by atoms with E-state index in [2.05, 4.69) is 15.6 Å². The number of rotatable bonds is 4. The number of anilines is 2. The number of carbonyl (C=O) groups is 2. The van der Waals surface area contributed by atoms with Crippen LogP contribution in [0.2, 0.25) is 0 Å². The number of furan rings is 1. The summed E-state index contributed by atoms with van der Waals surface area (Å²) in [6, 6.07) is 15.8. The van der Waals surface area contributed by atoms with Crippen LogP contribution in [0.5, 0.6) is 0 Å². The van der Waals surface area contributed by atoms with Crippen LogP contribution < -0.4 is 10.6 Å². The lowest BCUT2D eigenvalue weighted by atomic mass is 10.2. The fourth-order valence-electron chi connectivity index (χ4n) is 2.65. The van der Waals surface area contributed by atoms with E-state index in [-0.39, 0.29) is 17.6 Å². The lowest BCUT2D eigenvalue weighted by molar-refractivity contribution is 0.0993. The van der Waals surface area contributed by atoms with E-state index in [0.717, 1.165) is 15.8 Å². The monoisotopic (exact) mass is 377 g/mol. The molecule has 0 radical (unpaired) electrons. The average molecular weight is 377 g/mol. The van der Waals surface area contributed by atoms with E-state index < -0.39 is 0 Å². The Bertz CT molecular complexity index is 1130. The van der Waals surface area contributed by atoms with Crippen molar-refractivity contribution >= 4 is 44.2 Å². The van der Waals surface area contributed by atoms with Gasteiger partial charge in [-0.25, -0.2) is 4.98 Å². The van der Waals surface area contributed by atoms with Crippen LogP contribution in [0.1, 0.15) is 26.5 Å². The van der Waals surface area contributed by atoms with Crippen LogP contribution in [0, 0.1) is 6.92 Å². The highest BCUT2D eigenvalue weighted by molar-refractivity contribution is 7.22. The van der Waals surface area contributed by atoms with Gasteiger partial charge in [0.25, 0.3) is 11.8 Å². The van der Waals surface area contributed by atoms with Crippen LogP contribution >= 0.6 is 11.3 Å². The number of aryl methyl sites for hydroxylation is 1. The van der Waals surface area contributed by atoms with Crippen LogP contribution in [-0.4, -0.2) is 16.8 Å². The van der Waals surface area contributed by atoms with Gasteiger partial charge in [0.2, 0.25) is 0 Å². The number of carbonyl (C=O) groups excluding carboxylic acids is 2. The lowest BCUT2D eigenvalue weighted by Gasteiger charge is -2.06. The molecule has 2 N–H and O–H groups in total. The molecule has 0 bridgehead atoms. The first kappa shape index (κ1) is 17.0. The number of hydrogen-bond donors (Lipinski definition) is 2. The van der Waals surface area contributed by atoms with Gasteiger partial charge in [0.1, 0.15) is 0 Å². The maximum absolute atomic E-state index is 12.6. The SMILES string of the molecule is Cc1cccc2sc(NC(=O)c3cccc(NC(=O)c4ccco4)c3)nc12. The first-order chi connectivity index (χ1) is 13.1. The largest absolute Gasteiger partial charge is 0.459 e. The molecule has 27 heavy (non-hydrogen) atoms. The Morgan fingerprint density at radius 1 is 1.00 bits per heavy atom. The minimum atomic E-state index is -0.376. The Labute approximate surface area is 158 Å². The van der Waals surface area contributed by atoms with Gasteiger partial charge in [0, 0.05) is 11.3 Å². The highest BCUT2D eigenvalue weighted by Crippen LogP contribution is 2.28. The third-order valence-corrected chi connectivity index (χ3v) is 4.90. The maximum atomic E-state index is 12.6. The number of thiazole rings is 1. The molecular formula is C20H15N3O3S. The number of amides is 2. The molecule has 4 rings (SSSR count). The van der Waals surface area contributed by atoms with Gasteiger partial charge in [0.05, 0.1) is 16.5 Å². The summed E-state index contributed by atoms with van der Waals surface area (Å²) in [6.45, 7) is 1.98. The van der Waals surface area contributed by atoms with Gasteiger partial charge in [-0.2, -0.15) is 0 Å². The van der Waals surface area contributed by atoms with Crippen LogP contribution in [0.25, 0.3) is 10.2 Å². The average Bonchev–Trinajstić information content (AvgIpc) is 3.32. The predicted molar refractivity (Wildman–Crippen MR) is 105 cm³/mol. The Morgan fingerprint density at radius 2 is 1.85 bits per heavy atom. The zero-order chi connectivity index (χ0) is 18.8. The van der Waals surface area contributed by atoms with Crippen LogP contribution in [0.4, 0.5) is 10.8 Å². The molecule has 4 aromatic rings. The molecule has 0 aliphatic carbocycles. The minimum Gasteiger partial charge on any atom is -0.459 e. The van der Waals surface area contributed by atoms with Crippen molar-refractivity contribution in [1.29, 1.82) is 0 Å². The van der Waals surface area contributed by atoms with Gasteiger partial charge in [-0.3, -0.25) is 14.9 Å². The molecular weight excluding hydrogens is 362 g/mol. The quantitative estimate of drug-likeness (QED) is 0.540. The normalized spacial score (nSPS) is 10.7. The number of aromatic nitrogens is 1. The summed E-state index contributed by atoms with van der Waals surface area (Å²) >= 11 is 1.42. The molecule has 0 aliphatic rings. The molecule has 0 atom stereocenters. The topological polar surface area (TPSA) is 84.2 Å². The minimum absolute atomic E-state index is 0.203. The van der Waals surface area contributed by atoms with E-state index in [1.54, 1.807) is 36.4 Å². The second kappa shape index (κ2) is 7.05. The second-order valence-corrected chi connectivity index (χ2v) is 6.94.